The van der Waals surface area contributed by atoms with E-state index in [-0.39, 0.29) is 23.8 Å². The van der Waals surface area contributed by atoms with Crippen molar-refractivity contribution in [2.75, 3.05) is 31.6 Å². The predicted octanol–water partition coefficient (Wildman–Crippen LogP) is 0.729. The zero-order valence-electron chi connectivity index (χ0n) is 15.1. The first kappa shape index (κ1) is 18.8. The average molecular weight is 345 g/mol. The van der Waals surface area contributed by atoms with Gasteiger partial charge in [0.1, 0.15) is 0 Å². The summed E-state index contributed by atoms with van der Waals surface area (Å²) in [6, 6.07) is 9.66. The van der Waals surface area contributed by atoms with Gasteiger partial charge in [-0.2, -0.15) is 0 Å². The second-order valence-electron chi connectivity index (χ2n) is 6.33. The van der Waals surface area contributed by atoms with Gasteiger partial charge in [-0.05, 0) is 12.1 Å². The van der Waals surface area contributed by atoms with Crippen molar-refractivity contribution < 1.29 is 9.59 Å². The average Bonchev–Trinajstić information content (AvgIpc) is 2.98. The third kappa shape index (κ3) is 5.48. The van der Waals surface area contributed by atoms with Crippen LogP contribution in [0, 0.1) is 5.92 Å². The molecule has 0 aromatic heterocycles. The van der Waals surface area contributed by atoms with Crippen molar-refractivity contribution in [3.05, 3.63) is 30.3 Å². The van der Waals surface area contributed by atoms with E-state index in [1.54, 1.807) is 11.9 Å². The van der Waals surface area contributed by atoms with E-state index >= 15 is 0 Å². The summed E-state index contributed by atoms with van der Waals surface area (Å²) < 4.78 is 0. The lowest BCUT2D eigenvalue weighted by molar-refractivity contribution is -0.124. The molecule has 2 amide bonds. The molecule has 0 aliphatic carbocycles. The van der Waals surface area contributed by atoms with Gasteiger partial charge in [-0.25, -0.2) is 0 Å². The van der Waals surface area contributed by atoms with Crippen LogP contribution < -0.4 is 20.9 Å². The molecule has 7 nitrogen and oxygen atoms in total. The fraction of sp³-hybridized carbons (Fsp3) is 0.500. The van der Waals surface area contributed by atoms with Crippen LogP contribution in [-0.2, 0) is 9.59 Å². The number of para-hydroxylation sites is 1. The molecule has 1 aliphatic heterocycles. The Morgan fingerprint density at radius 1 is 1.24 bits per heavy atom. The van der Waals surface area contributed by atoms with Crippen LogP contribution in [0.15, 0.2) is 35.3 Å². The Bertz CT molecular complexity index is 615. The second-order valence-corrected chi connectivity index (χ2v) is 6.33. The molecule has 0 spiro atoms. The molecular weight excluding hydrogens is 318 g/mol. The Balaban J connectivity index is 1.78. The van der Waals surface area contributed by atoms with Crippen LogP contribution in [-0.4, -0.2) is 50.5 Å². The van der Waals surface area contributed by atoms with Crippen molar-refractivity contribution in [2.45, 2.75) is 26.3 Å². The number of carbonyl (C=O) groups is 2. The van der Waals surface area contributed by atoms with Gasteiger partial charge in [0.05, 0.1) is 6.04 Å². The number of benzene rings is 1. The van der Waals surface area contributed by atoms with Crippen LogP contribution in [0.1, 0.15) is 20.3 Å². The largest absolute Gasteiger partial charge is 0.355 e. The predicted molar refractivity (Wildman–Crippen MR) is 99.5 cm³/mol. The molecule has 0 bridgehead atoms. The summed E-state index contributed by atoms with van der Waals surface area (Å²) in [5, 5.41) is 9.27. The molecule has 25 heavy (non-hydrogen) atoms. The van der Waals surface area contributed by atoms with E-state index in [2.05, 4.69) is 20.9 Å². The number of aliphatic imine (C=N–C) groups is 1. The van der Waals surface area contributed by atoms with Gasteiger partial charge in [0.15, 0.2) is 5.96 Å². The number of amides is 2. The molecule has 7 heteroatoms. The van der Waals surface area contributed by atoms with E-state index in [9.17, 15) is 9.59 Å². The van der Waals surface area contributed by atoms with E-state index in [0.717, 1.165) is 5.69 Å². The molecule has 136 valence electrons. The van der Waals surface area contributed by atoms with Crippen LogP contribution in [0.2, 0.25) is 0 Å². The summed E-state index contributed by atoms with van der Waals surface area (Å²) in [4.78, 5) is 29.7. The Morgan fingerprint density at radius 3 is 2.56 bits per heavy atom. The minimum absolute atomic E-state index is 0.00385. The second kappa shape index (κ2) is 9.05. The van der Waals surface area contributed by atoms with Crippen molar-refractivity contribution in [1.29, 1.82) is 0 Å². The van der Waals surface area contributed by atoms with E-state index in [1.165, 1.54) is 0 Å². The molecular formula is C18H27N5O2. The normalized spacial score (nSPS) is 17.8. The van der Waals surface area contributed by atoms with E-state index in [1.807, 2.05) is 44.2 Å². The van der Waals surface area contributed by atoms with E-state index < -0.39 is 0 Å². The fourth-order valence-corrected chi connectivity index (χ4v) is 2.62. The molecule has 2 rings (SSSR count). The molecule has 1 atom stereocenters. The number of guanidine groups is 1. The first-order chi connectivity index (χ1) is 12.0. The van der Waals surface area contributed by atoms with Gasteiger partial charge in [0.2, 0.25) is 11.8 Å². The minimum atomic E-state index is -0.0223. The topological polar surface area (TPSA) is 85.8 Å². The van der Waals surface area contributed by atoms with Crippen molar-refractivity contribution in [2.24, 2.45) is 10.9 Å². The summed E-state index contributed by atoms with van der Waals surface area (Å²) in [6.45, 7) is 5.42. The smallest absolute Gasteiger partial charge is 0.229 e. The number of nitrogens with one attached hydrogen (secondary N) is 3. The monoisotopic (exact) mass is 345 g/mol. The van der Waals surface area contributed by atoms with Crippen molar-refractivity contribution in [3.8, 4) is 0 Å². The van der Waals surface area contributed by atoms with Crippen LogP contribution in [0.25, 0.3) is 0 Å². The number of nitrogens with zero attached hydrogens (tertiary/aromatic N) is 2. The van der Waals surface area contributed by atoms with Gasteiger partial charge in [-0.15, -0.1) is 0 Å². The Kier molecular flexibility index (Phi) is 6.80. The van der Waals surface area contributed by atoms with Crippen molar-refractivity contribution in [3.63, 3.8) is 0 Å². The molecule has 1 heterocycles. The summed E-state index contributed by atoms with van der Waals surface area (Å²) in [5.41, 5.74) is 0.913. The van der Waals surface area contributed by atoms with Crippen LogP contribution >= 0.6 is 0 Å². The molecule has 1 aromatic carbocycles. The maximum Gasteiger partial charge on any atom is 0.229 e. The minimum Gasteiger partial charge on any atom is -0.355 e. The molecule has 1 saturated heterocycles. The zero-order chi connectivity index (χ0) is 18.2. The summed E-state index contributed by atoms with van der Waals surface area (Å²) in [5.74, 6) is 0.741. The Morgan fingerprint density at radius 2 is 1.92 bits per heavy atom. The Hall–Kier alpha value is -2.57. The zero-order valence-corrected chi connectivity index (χ0v) is 15.1. The lowest BCUT2D eigenvalue weighted by atomic mass is 10.2. The van der Waals surface area contributed by atoms with Gasteiger partial charge < -0.3 is 20.9 Å². The number of hydrogen-bond donors (Lipinski definition) is 3. The fourth-order valence-electron chi connectivity index (χ4n) is 2.62. The van der Waals surface area contributed by atoms with Gasteiger partial charge in [-0.3, -0.25) is 14.6 Å². The lowest BCUT2D eigenvalue weighted by Gasteiger charge is -2.19. The molecule has 1 aromatic rings. The maximum atomic E-state index is 12.2. The number of rotatable bonds is 6. The molecule has 3 N–H and O–H groups in total. The third-order valence-corrected chi connectivity index (χ3v) is 4.00. The Labute approximate surface area is 148 Å². The van der Waals surface area contributed by atoms with Crippen LogP contribution in [0.5, 0.6) is 0 Å². The standard InChI is InChI=1S/C18H27N5O2/c1-13(2)17(25)20-9-10-21-18(19-3)22-14-11-16(24)23(12-14)15-7-5-4-6-8-15/h4-8,13-14H,9-12H2,1-3H3,(H,20,25)(H2,19,21,22). The molecule has 1 fully saturated rings. The molecule has 0 radical (unpaired) electrons. The quantitative estimate of drug-likeness (QED) is 0.403. The summed E-state index contributed by atoms with van der Waals surface area (Å²) >= 11 is 0. The highest BCUT2D eigenvalue weighted by molar-refractivity contribution is 5.97. The maximum absolute atomic E-state index is 12.2. The number of anilines is 1. The highest BCUT2D eigenvalue weighted by Crippen LogP contribution is 2.20. The SMILES string of the molecule is CN=C(NCCNC(=O)C(C)C)NC1CC(=O)N(c2ccccc2)C1. The van der Waals surface area contributed by atoms with Crippen molar-refractivity contribution >= 4 is 23.5 Å². The van der Waals surface area contributed by atoms with Crippen LogP contribution in [0.4, 0.5) is 5.69 Å². The highest BCUT2D eigenvalue weighted by Gasteiger charge is 2.30. The van der Waals surface area contributed by atoms with E-state index in [4.69, 9.17) is 0 Å². The lowest BCUT2D eigenvalue weighted by Crippen LogP contribution is -2.46. The summed E-state index contributed by atoms with van der Waals surface area (Å²) in [7, 11) is 1.69. The highest BCUT2D eigenvalue weighted by atomic mass is 16.2. The molecule has 1 unspecified atom stereocenters. The molecule has 0 saturated carbocycles. The van der Waals surface area contributed by atoms with Gasteiger partial charge >= 0.3 is 0 Å². The molecule has 1 aliphatic rings. The van der Waals surface area contributed by atoms with E-state index in [0.29, 0.717) is 32.0 Å². The van der Waals surface area contributed by atoms with Gasteiger partial charge in [0.25, 0.3) is 0 Å². The van der Waals surface area contributed by atoms with Crippen molar-refractivity contribution in [1.82, 2.24) is 16.0 Å². The number of carbonyl (C=O) groups excluding carboxylic acids is 2. The van der Waals surface area contributed by atoms with Gasteiger partial charge in [0, 0.05) is 44.7 Å². The van der Waals surface area contributed by atoms with Crippen LogP contribution in [0.3, 0.4) is 0 Å². The first-order valence-corrected chi connectivity index (χ1v) is 8.61. The van der Waals surface area contributed by atoms with Gasteiger partial charge in [-0.1, -0.05) is 32.0 Å². The first-order valence-electron chi connectivity index (χ1n) is 8.61. The number of hydrogen-bond acceptors (Lipinski definition) is 3. The summed E-state index contributed by atoms with van der Waals surface area (Å²) in [6.07, 6.45) is 0.430. The third-order valence-electron chi connectivity index (χ3n) is 4.00.